The molecule has 0 aliphatic rings. The number of carbonyl (C=O) groups excluding carboxylic acids is 2. The highest BCUT2D eigenvalue weighted by molar-refractivity contribution is 5.92. The van der Waals surface area contributed by atoms with Gasteiger partial charge in [-0.2, -0.15) is 0 Å². The molecule has 4 nitrogen and oxygen atoms in total. The van der Waals surface area contributed by atoms with Gasteiger partial charge in [0.25, 0.3) is 0 Å². The van der Waals surface area contributed by atoms with Crippen LogP contribution in [0.3, 0.4) is 0 Å². The SMILES string of the molecule is CC(=O)N(CCC(=O)NCCC(C)C)c1cccc(F)c1. The molecule has 0 spiro atoms. The number of rotatable bonds is 7. The van der Waals surface area contributed by atoms with Crippen molar-refractivity contribution in [2.45, 2.75) is 33.6 Å². The minimum Gasteiger partial charge on any atom is -0.356 e. The summed E-state index contributed by atoms with van der Waals surface area (Å²) in [7, 11) is 0. The first kappa shape index (κ1) is 17.1. The van der Waals surface area contributed by atoms with Crippen molar-refractivity contribution < 1.29 is 14.0 Å². The number of hydrogen-bond acceptors (Lipinski definition) is 2. The zero-order chi connectivity index (χ0) is 15.8. The molecule has 0 aliphatic heterocycles. The summed E-state index contributed by atoms with van der Waals surface area (Å²) in [6, 6.07) is 5.81. The molecule has 0 heterocycles. The smallest absolute Gasteiger partial charge is 0.223 e. The van der Waals surface area contributed by atoms with E-state index in [2.05, 4.69) is 19.2 Å². The lowest BCUT2D eigenvalue weighted by molar-refractivity contribution is -0.121. The van der Waals surface area contributed by atoms with Crippen molar-refractivity contribution in [2.75, 3.05) is 18.0 Å². The van der Waals surface area contributed by atoms with Crippen molar-refractivity contribution in [3.63, 3.8) is 0 Å². The highest BCUT2D eigenvalue weighted by atomic mass is 19.1. The Morgan fingerprint density at radius 3 is 2.62 bits per heavy atom. The van der Waals surface area contributed by atoms with E-state index in [0.717, 1.165) is 6.42 Å². The summed E-state index contributed by atoms with van der Waals surface area (Å²) in [5.41, 5.74) is 0.470. The van der Waals surface area contributed by atoms with Crippen molar-refractivity contribution in [1.29, 1.82) is 0 Å². The van der Waals surface area contributed by atoms with Crippen LogP contribution in [0, 0.1) is 11.7 Å². The molecular weight excluding hydrogens is 271 g/mol. The molecule has 1 aromatic carbocycles. The van der Waals surface area contributed by atoms with Gasteiger partial charge in [-0.05, 0) is 30.5 Å². The maximum absolute atomic E-state index is 13.2. The Morgan fingerprint density at radius 1 is 1.33 bits per heavy atom. The van der Waals surface area contributed by atoms with Crippen molar-refractivity contribution in [1.82, 2.24) is 5.32 Å². The van der Waals surface area contributed by atoms with Gasteiger partial charge >= 0.3 is 0 Å². The molecule has 0 unspecified atom stereocenters. The Bertz CT molecular complexity index is 489. The van der Waals surface area contributed by atoms with Gasteiger partial charge in [-0.15, -0.1) is 0 Å². The van der Waals surface area contributed by atoms with E-state index in [4.69, 9.17) is 0 Å². The normalized spacial score (nSPS) is 10.5. The fourth-order valence-corrected chi connectivity index (χ4v) is 1.91. The highest BCUT2D eigenvalue weighted by Crippen LogP contribution is 2.16. The standard InChI is InChI=1S/C16H23FN2O2/c1-12(2)7-9-18-16(21)8-10-19(13(3)20)15-6-4-5-14(17)11-15/h4-6,11-12H,7-10H2,1-3H3,(H,18,21). The summed E-state index contributed by atoms with van der Waals surface area (Å²) < 4.78 is 13.2. The van der Waals surface area contributed by atoms with Gasteiger partial charge in [0.15, 0.2) is 0 Å². The molecule has 1 N–H and O–H groups in total. The first-order valence-corrected chi connectivity index (χ1v) is 7.20. The first-order chi connectivity index (χ1) is 9.90. The summed E-state index contributed by atoms with van der Waals surface area (Å²) >= 11 is 0. The van der Waals surface area contributed by atoms with E-state index in [1.165, 1.54) is 24.0 Å². The van der Waals surface area contributed by atoms with E-state index < -0.39 is 5.82 Å². The molecule has 0 atom stereocenters. The molecule has 21 heavy (non-hydrogen) atoms. The molecule has 5 heteroatoms. The van der Waals surface area contributed by atoms with Crippen LogP contribution < -0.4 is 10.2 Å². The molecule has 0 saturated carbocycles. The topological polar surface area (TPSA) is 49.4 Å². The van der Waals surface area contributed by atoms with Gasteiger partial charge in [-0.1, -0.05) is 19.9 Å². The van der Waals surface area contributed by atoms with Crippen LogP contribution in [0.15, 0.2) is 24.3 Å². The van der Waals surface area contributed by atoms with Crippen LogP contribution in [0.4, 0.5) is 10.1 Å². The average molecular weight is 294 g/mol. The first-order valence-electron chi connectivity index (χ1n) is 7.20. The van der Waals surface area contributed by atoms with Crippen LogP contribution in [-0.2, 0) is 9.59 Å². The van der Waals surface area contributed by atoms with E-state index in [1.807, 2.05) is 0 Å². The van der Waals surface area contributed by atoms with E-state index in [1.54, 1.807) is 12.1 Å². The van der Waals surface area contributed by atoms with Gasteiger partial charge in [-0.25, -0.2) is 4.39 Å². The van der Waals surface area contributed by atoms with E-state index in [0.29, 0.717) is 18.2 Å². The van der Waals surface area contributed by atoms with Crippen LogP contribution in [-0.4, -0.2) is 24.9 Å². The van der Waals surface area contributed by atoms with Gasteiger partial charge in [0.1, 0.15) is 5.82 Å². The molecule has 1 aromatic rings. The lowest BCUT2D eigenvalue weighted by Gasteiger charge is -2.21. The predicted molar refractivity (Wildman–Crippen MR) is 81.5 cm³/mol. The van der Waals surface area contributed by atoms with Gasteiger partial charge in [-0.3, -0.25) is 9.59 Å². The quantitative estimate of drug-likeness (QED) is 0.840. The molecule has 1 rings (SSSR count). The summed E-state index contributed by atoms with van der Waals surface area (Å²) in [5, 5.41) is 2.82. The second kappa shape index (κ2) is 8.39. The minimum absolute atomic E-state index is 0.0988. The fraction of sp³-hybridized carbons (Fsp3) is 0.500. The van der Waals surface area contributed by atoms with Crippen LogP contribution >= 0.6 is 0 Å². The molecule has 0 aromatic heterocycles. The zero-order valence-corrected chi connectivity index (χ0v) is 12.9. The van der Waals surface area contributed by atoms with Gasteiger partial charge < -0.3 is 10.2 Å². The molecular formula is C16H23FN2O2. The number of nitrogens with zero attached hydrogens (tertiary/aromatic N) is 1. The third kappa shape index (κ3) is 6.38. The zero-order valence-electron chi connectivity index (χ0n) is 12.9. The Kier molecular flexibility index (Phi) is 6.85. The third-order valence-electron chi connectivity index (χ3n) is 3.11. The lowest BCUT2D eigenvalue weighted by Crippen LogP contribution is -2.34. The highest BCUT2D eigenvalue weighted by Gasteiger charge is 2.13. The summed E-state index contributed by atoms with van der Waals surface area (Å²) in [5.74, 6) is -0.180. The maximum Gasteiger partial charge on any atom is 0.223 e. The third-order valence-corrected chi connectivity index (χ3v) is 3.11. The van der Waals surface area contributed by atoms with Crippen molar-refractivity contribution in [2.24, 2.45) is 5.92 Å². The fourth-order valence-electron chi connectivity index (χ4n) is 1.91. The average Bonchev–Trinajstić information content (AvgIpc) is 2.38. The predicted octanol–water partition coefficient (Wildman–Crippen LogP) is 2.73. The molecule has 116 valence electrons. The van der Waals surface area contributed by atoms with Gasteiger partial charge in [0.05, 0.1) is 0 Å². The number of halogens is 1. The summed E-state index contributed by atoms with van der Waals surface area (Å²) in [6.45, 7) is 6.46. The van der Waals surface area contributed by atoms with Crippen LogP contribution in [0.2, 0.25) is 0 Å². The monoisotopic (exact) mass is 294 g/mol. The largest absolute Gasteiger partial charge is 0.356 e. The van der Waals surface area contributed by atoms with Crippen molar-refractivity contribution in [3.05, 3.63) is 30.1 Å². The molecule has 2 amide bonds. The minimum atomic E-state index is -0.403. The Balaban J connectivity index is 2.52. The maximum atomic E-state index is 13.2. The van der Waals surface area contributed by atoms with E-state index in [-0.39, 0.29) is 24.8 Å². The molecule has 0 fully saturated rings. The Hall–Kier alpha value is -1.91. The van der Waals surface area contributed by atoms with E-state index in [9.17, 15) is 14.0 Å². The molecule has 0 saturated heterocycles. The number of carbonyl (C=O) groups is 2. The second-order valence-corrected chi connectivity index (χ2v) is 5.43. The summed E-state index contributed by atoms with van der Waals surface area (Å²) in [6.07, 6.45) is 1.13. The van der Waals surface area contributed by atoms with Crippen LogP contribution in [0.25, 0.3) is 0 Å². The molecule has 0 bridgehead atoms. The number of anilines is 1. The number of benzene rings is 1. The molecule has 0 radical (unpaired) electrons. The van der Waals surface area contributed by atoms with Gasteiger partial charge in [0.2, 0.25) is 11.8 Å². The van der Waals surface area contributed by atoms with E-state index >= 15 is 0 Å². The number of hydrogen-bond donors (Lipinski definition) is 1. The summed E-state index contributed by atoms with van der Waals surface area (Å²) in [4.78, 5) is 24.8. The van der Waals surface area contributed by atoms with Crippen molar-refractivity contribution >= 4 is 17.5 Å². The van der Waals surface area contributed by atoms with Gasteiger partial charge in [0, 0.05) is 32.1 Å². The Labute approximate surface area is 125 Å². The van der Waals surface area contributed by atoms with Crippen LogP contribution in [0.1, 0.15) is 33.6 Å². The number of amides is 2. The lowest BCUT2D eigenvalue weighted by atomic mass is 10.1. The van der Waals surface area contributed by atoms with Crippen LogP contribution in [0.5, 0.6) is 0 Å². The molecule has 0 aliphatic carbocycles. The Morgan fingerprint density at radius 2 is 2.05 bits per heavy atom. The second-order valence-electron chi connectivity index (χ2n) is 5.43. The van der Waals surface area contributed by atoms with Crippen molar-refractivity contribution in [3.8, 4) is 0 Å². The number of nitrogens with one attached hydrogen (secondary N) is 1.